The molecule has 0 unspecified atom stereocenters. The Morgan fingerprint density at radius 3 is 2.65 bits per heavy atom. The van der Waals surface area contributed by atoms with E-state index in [1.807, 2.05) is 24.3 Å². The molecule has 1 aliphatic rings. The van der Waals surface area contributed by atoms with Crippen LogP contribution in [0, 0.1) is 0 Å². The van der Waals surface area contributed by atoms with Gasteiger partial charge < -0.3 is 4.98 Å². The number of nitrogens with zero attached hydrogens (tertiary/aromatic N) is 1. The number of benzene rings is 1. The second-order valence-electron chi connectivity index (χ2n) is 5.30. The third-order valence-electron chi connectivity index (χ3n) is 3.78. The minimum absolute atomic E-state index is 0.0425. The molecule has 0 fully saturated rings. The van der Waals surface area contributed by atoms with E-state index in [2.05, 4.69) is 9.97 Å². The Hall–Kier alpha value is -1.61. The normalized spacial score (nSPS) is 14.7. The highest BCUT2D eigenvalue weighted by Crippen LogP contribution is 2.17. The van der Waals surface area contributed by atoms with Gasteiger partial charge in [0.15, 0.2) is 0 Å². The molecule has 0 atom stereocenters. The highest BCUT2D eigenvalue weighted by atomic mass is 35.5. The number of rotatable bonds is 2. The van der Waals surface area contributed by atoms with Crippen molar-refractivity contribution >= 4 is 11.6 Å². The molecule has 104 valence electrons. The molecule has 0 saturated carbocycles. The van der Waals surface area contributed by atoms with E-state index < -0.39 is 0 Å². The van der Waals surface area contributed by atoms with Crippen LogP contribution in [0.5, 0.6) is 0 Å². The number of H-pyrrole nitrogens is 1. The van der Waals surface area contributed by atoms with E-state index in [0.717, 1.165) is 53.4 Å². The zero-order valence-corrected chi connectivity index (χ0v) is 12.0. The molecule has 1 heterocycles. The average molecular weight is 289 g/mol. The highest BCUT2D eigenvalue weighted by Gasteiger charge is 2.14. The topological polar surface area (TPSA) is 45.8 Å². The fourth-order valence-electron chi connectivity index (χ4n) is 2.71. The van der Waals surface area contributed by atoms with Crippen molar-refractivity contribution in [3.8, 4) is 0 Å². The summed E-state index contributed by atoms with van der Waals surface area (Å²) in [6.07, 6.45) is 5.83. The van der Waals surface area contributed by atoms with E-state index in [9.17, 15) is 4.79 Å². The smallest absolute Gasteiger partial charge is 0.254 e. The maximum atomic E-state index is 12.2. The average Bonchev–Trinajstić information content (AvgIpc) is 2.67. The summed E-state index contributed by atoms with van der Waals surface area (Å²) in [6, 6.07) is 7.65. The van der Waals surface area contributed by atoms with Gasteiger partial charge in [-0.2, -0.15) is 0 Å². The summed E-state index contributed by atoms with van der Waals surface area (Å²) in [5.74, 6) is 0.748. The minimum Gasteiger partial charge on any atom is -0.310 e. The molecule has 3 rings (SSSR count). The van der Waals surface area contributed by atoms with Gasteiger partial charge in [-0.3, -0.25) is 4.79 Å². The van der Waals surface area contributed by atoms with E-state index in [4.69, 9.17) is 11.6 Å². The predicted molar refractivity (Wildman–Crippen MR) is 80.4 cm³/mol. The number of aryl methyl sites for hydroxylation is 1. The molecule has 4 heteroatoms. The lowest BCUT2D eigenvalue weighted by Crippen LogP contribution is -2.19. The second-order valence-corrected chi connectivity index (χ2v) is 5.74. The van der Waals surface area contributed by atoms with Crippen LogP contribution in [0.3, 0.4) is 0 Å². The zero-order chi connectivity index (χ0) is 13.9. The molecule has 0 radical (unpaired) electrons. The van der Waals surface area contributed by atoms with E-state index in [1.54, 1.807) is 0 Å². The van der Waals surface area contributed by atoms with E-state index in [0.29, 0.717) is 6.42 Å². The van der Waals surface area contributed by atoms with Gasteiger partial charge in [-0.1, -0.05) is 30.2 Å². The van der Waals surface area contributed by atoms with Crippen LogP contribution in [0.25, 0.3) is 0 Å². The number of nitrogens with one attached hydrogen (secondary N) is 1. The lowest BCUT2D eigenvalue weighted by Gasteiger charge is -2.07. The molecule has 0 amide bonds. The second kappa shape index (κ2) is 5.80. The molecule has 1 aliphatic carbocycles. The van der Waals surface area contributed by atoms with Crippen molar-refractivity contribution in [1.29, 1.82) is 0 Å². The largest absolute Gasteiger partial charge is 0.310 e. The van der Waals surface area contributed by atoms with E-state index >= 15 is 0 Å². The monoisotopic (exact) mass is 288 g/mol. The molecule has 1 N–H and O–H groups in total. The van der Waals surface area contributed by atoms with Gasteiger partial charge in [0, 0.05) is 17.0 Å². The number of halogens is 1. The number of fused-ring (bicyclic) bond motifs is 1. The van der Waals surface area contributed by atoms with Crippen molar-refractivity contribution < 1.29 is 0 Å². The van der Waals surface area contributed by atoms with Gasteiger partial charge in [-0.25, -0.2) is 4.98 Å². The fourth-order valence-corrected chi connectivity index (χ4v) is 2.84. The Labute approximate surface area is 123 Å². The summed E-state index contributed by atoms with van der Waals surface area (Å²) in [6.45, 7) is 0. The van der Waals surface area contributed by atoms with Crippen LogP contribution >= 0.6 is 11.6 Å². The first-order valence-electron chi connectivity index (χ1n) is 7.08. The number of hydrogen-bond donors (Lipinski definition) is 1. The number of aromatic amines is 1. The summed E-state index contributed by atoms with van der Waals surface area (Å²) < 4.78 is 0. The summed E-state index contributed by atoms with van der Waals surface area (Å²) in [7, 11) is 0. The Balaban J connectivity index is 1.91. The lowest BCUT2D eigenvalue weighted by molar-refractivity contribution is 0.708. The maximum absolute atomic E-state index is 12.2. The van der Waals surface area contributed by atoms with Crippen LogP contribution in [-0.4, -0.2) is 9.97 Å². The maximum Gasteiger partial charge on any atom is 0.254 e. The van der Waals surface area contributed by atoms with Crippen molar-refractivity contribution in [3.05, 3.63) is 62.3 Å². The van der Waals surface area contributed by atoms with Gasteiger partial charge in [0.25, 0.3) is 5.56 Å². The molecule has 20 heavy (non-hydrogen) atoms. The molecule has 3 nitrogen and oxygen atoms in total. The van der Waals surface area contributed by atoms with Gasteiger partial charge >= 0.3 is 0 Å². The summed E-state index contributed by atoms with van der Waals surface area (Å²) in [4.78, 5) is 19.8. The Morgan fingerprint density at radius 1 is 1.10 bits per heavy atom. The third-order valence-corrected chi connectivity index (χ3v) is 4.03. The van der Waals surface area contributed by atoms with Crippen molar-refractivity contribution in [1.82, 2.24) is 9.97 Å². The minimum atomic E-state index is 0.0425. The molecule has 0 saturated heterocycles. The SMILES string of the molecule is O=c1[nH]c(Cc2ccc(Cl)cc2)nc2c1CCCCC2. The Bertz CT molecular complexity index is 661. The Morgan fingerprint density at radius 2 is 1.85 bits per heavy atom. The molecular formula is C16H17ClN2O. The van der Waals surface area contributed by atoms with Gasteiger partial charge in [-0.05, 0) is 43.4 Å². The molecule has 0 spiro atoms. The van der Waals surface area contributed by atoms with E-state index in [1.165, 1.54) is 6.42 Å². The Kier molecular flexibility index (Phi) is 3.88. The highest BCUT2D eigenvalue weighted by molar-refractivity contribution is 6.30. The van der Waals surface area contributed by atoms with Crippen LogP contribution in [-0.2, 0) is 19.3 Å². The van der Waals surface area contributed by atoms with Crippen LogP contribution in [0.4, 0.5) is 0 Å². The molecule has 0 bridgehead atoms. The number of hydrogen-bond acceptors (Lipinski definition) is 2. The van der Waals surface area contributed by atoms with Crippen molar-refractivity contribution in [2.24, 2.45) is 0 Å². The molecule has 0 aliphatic heterocycles. The zero-order valence-electron chi connectivity index (χ0n) is 11.3. The van der Waals surface area contributed by atoms with E-state index in [-0.39, 0.29) is 5.56 Å². The summed E-state index contributed by atoms with van der Waals surface area (Å²) >= 11 is 5.88. The first-order chi connectivity index (χ1) is 9.72. The first-order valence-corrected chi connectivity index (χ1v) is 7.45. The van der Waals surface area contributed by atoms with Crippen molar-refractivity contribution in [2.75, 3.05) is 0 Å². The quantitative estimate of drug-likeness (QED) is 0.862. The van der Waals surface area contributed by atoms with Crippen molar-refractivity contribution in [2.45, 2.75) is 38.5 Å². The third kappa shape index (κ3) is 2.93. The van der Waals surface area contributed by atoms with Crippen LogP contribution in [0.15, 0.2) is 29.1 Å². The van der Waals surface area contributed by atoms with Gasteiger partial charge in [-0.15, -0.1) is 0 Å². The van der Waals surface area contributed by atoms with Gasteiger partial charge in [0.05, 0.1) is 5.69 Å². The molecule has 2 aromatic rings. The lowest BCUT2D eigenvalue weighted by atomic mass is 10.1. The summed E-state index contributed by atoms with van der Waals surface area (Å²) in [5, 5.41) is 0.720. The number of aromatic nitrogens is 2. The van der Waals surface area contributed by atoms with Crippen LogP contribution in [0.1, 0.15) is 41.9 Å². The first kappa shape index (κ1) is 13.4. The molecular weight excluding hydrogens is 272 g/mol. The predicted octanol–water partition coefficient (Wildman–Crippen LogP) is 3.28. The standard InChI is InChI=1S/C16H17ClN2O/c17-12-8-6-11(7-9-12)10-15-18-14-5-3-1-2-4-13(14)16(20)19-15/h6-9H,1-5,10H2,(H,18,19,20). The molecule has 1 aromatic carbocycles. The fraction of sp³-hybridized carbons (Fsp3) is 0.375. The van der Waals surface area contributed by atoms with Crippen molar-refractivity contribution in [3.63, 3.8) is 0 Å². The molecule has 1 aromatic heterocycles. The summed E-state index contributed by atoms with van der Waals surface area (Å²) in [5.41, 5.74) is 3.03. The van der Waals surface area contributed by atoms with Crippen LogP contribution < -0.4 is 5.56 Å². The van der Waals surface area contributed by atoms with Gasteiger partial charge in [0.2, 0.25) is 0 Å². The van der Waals surface area contributed by atoms with Gasteiger partial charge in [0.1, 0.15) is 5.82 Å². The van der Waals surface area contributed by atoms with Crippen LogP contribution in [0.2, 0.25) is 5.02 Å².